The van der Waals surface area contributed by atoms with Gasteiger partial charge in [0.15, 0.2) is 0 Å². The lowest BCUT2D eigenvalue weighted by Crippen LogP contribution is -1.97. The Morgan fingerprint density at radius 1 is 1.33 bits per heavy atom. The summed E-state index contributed by atoms with van der Waals surface area (Å²) in [7, 11) is 0. The Balaban J connectivity index is 2.18. The lowest BCUT2D eigenvalue weighted by molar-refractivity contribution is -0.136. The van der Waals surface area contributed by atoms with E-state index < -0.39 is 5.97 Å². The maximum Gasteiger partial charge on any atom is 0.303 e. The SMILES string of the molecule is O=C(O)CCc1cn(-c2ccc(Cl)c(Cl)c2)nn1. The molecular formula is C11H9Cl2N3O2. The lowest BCUT2D eigenvalue weighted by atomic mass is 10.2. The summed E-state index contributed by atoms with van der Waals surface area (Å²) in [5, 5.41) is 17.3. The molecule has 0 spiro atoms. The molecule has 94 valence electrons. The Hall–Kier alpha value is -1.59. The van der Waals surface area contributed by atoms with Crippen LogP contribution in [0.4, 0.5) is 0 Å². The summed E-state index contributed by atoms with van der Waals surface area (Å²) in [6, 6.07) is 5.08. The standard InChI is InChI=1S/C11H9Cl2N3O2/c12-9-3-2-8(5-10(9)13)16-6-7(14-15-16)1-4-11(17)18/h2-3,5-6H,1,4H2,(H,17,18). The van der Waals surface area contributed by atoms with Gasteiger partial charge in [-0.25, -0.2) is 4.68 Å². The first kappa shape index (κ1) is 12.9. The van der Waals surface area contributed by atoms with Crippen molar-refractivity contribution in [1.82, 2.24) is 15.0 Å². The van der Waals surface area contributed by atoms with Crippen LogP contribution >= 0.6 is 23.2 Å². The molecule has 18 heavy (non-hydrogen) atoms. The number of halogens is 2. The van der Waals surface area contributed by atoms with Gasteiger partial charge in [-0.15, -0.1) is 5.10 Å². The first-order chi connectivity index (χ1) is 8.56. The minimum atomic E-state index is -0.862. The van der Waals surface area contributed by atoms with Crippen LogP contribution in [0.1, 0.15) is 12.1 Å². The number of carbonyl (C=O) groups is 1. The van der Waals surface area contributed by atoms with Gasteiger partial charge in [0.2, 0.25) is 0 Å². The Bertz CT molecular complexity index is 583. The number of hydrogen-bond donors (Lipinski definition) is 1. The number of carboxylic acids is 1. The number of hydrogen-bond acceptors (Lipinski definition) is 3. The van der Waals surface area contributed by atoms with Crippen molar-refractivity contribution in [3.05, 3.63) is 40.1 Å². The van der Waals surface area contributed by atoms with Gasteiger partial charge in [0.05, 0.1) is 34.0 Å². The van der Waals surface area contributed by atoms with E-state index in [2.05, 4.69) is 10.3 Å². The van der Waals surface area contributed by atoms with E-state index in [1.807, 2.05) is 0 Å². The fraction of sp³-hybridized carbons (Fsp3) is 0.182. The van der Waals surface area contributed by atoms with Gasteiger partial charge in [-0.2, -0.15) is 0 Å². The van der Waals surface area contributed by atoms with E-state index in [4.69, 9.17) is 28.3 Å². The van der Waals surface area contributed by atoms with Crippen LogP contribution in [0.25, 0.3) is 5.69 Å². The highest BCUT2D eigenvalue weighted by Crippen LogP contribution is 2.24. The highest BCUT2D eigenvalue weighted by atomic mass is 35.5. The molecule has 0 saturated carbocycles. The van der Waals surface area contributed by atoms with Crippen LogP contribution in [0.3, 0.4) is 0 Å². The van der Waals surface area contributed by atoms with Crippen molar-refractivity contribution < 1.29 is 9.90 Å². The van der Waals surface area contributed by atoms with Crippen LogP contribution in [-0.2, 0) is 11.2 Å². The molecule has 7 heteroatoms. The molecule has 1 aromatic heterocycles. The van der Waals surface area contributed by atoms with E-state index in [9.17, 15) is 4.79 Å². The summed E-state index contributed by atoms with van der Waals surface area (Å²) in [6.45, 7) is 0. The zero-order chi connectivity index (χ0) is 13.1. The van der Waals surface area contributed by atoms with Gasteiger partial charge in [0.1, 0.15) is 0 Å². The van der Waals surface area contributed by atoms with E-state index in [0.717, 1.165) is 5.69 Å². The molecule has 0 radical (unpaired) electrons. The molecular weight excluding hydrogens is 277 g/mol. The first-order valence-electron chi connectivity index (χ1n) is 5.14. The largest absolute Gasteiger partial charge is 0.481 e. The average molecular weight is 286 g/mol. The normalized spacial score (nSPS) is 10.6. The van der Waals surface area contributed by atoms with Crippen LogP contribution in [0.15, 0.2) is 24.4 Å². The number of carboxylic acid groups (broad SMARTS) is 1. The molecule has 0 bridgehead atoms. The van der Waals surface area contributed by atoms with Crippen molar-refractivity contribution in [2.75, 3.05) is 0 Å². The van der Waals surface area contributed by atoms with Crippen molar-refractivity contribution in [1.29, 1.82) is 0 Å². The summed E-state index contributed by atoms with van der Waals surface area (Å²) in [5.41, 5.74) is 1.34. The van der Waals surface area contributed by atoms with Crippen molar-refractivity contribution in [2.45, 2.75) is 12.8 Å². The van der Waals surface area contributed by atoms with E-state index in [0.29, 0.717) is 22.2 Å². The van der Waals surface area contributed by atoms with Crippen LogP contribution in [0, 0.1) is 0 Å². The third kappa shape index (κ3) is 3.00. The summed E-state index contributed by atoms with van der Waals surface area (Å²) in [6.07, 6.45) is 2.04. The van der Waals surface area contributed by atoms with Crippen LogP contribution in [0.2, 0.25) is 10.0 Å². The number of aliphatic carboxylic acids is 1. The fourth-order valence-electron chi connectivity index (χ4n) is 1.40. The number of aromatic nitrogens is 3. The molecule has 0 aliphatic rings. The monoisotopic (exact) mass is 285 g/mol. The second-order valence-electron chi connectivity index (χ2n) is 3.65. The Kier molecular flexibility index (Phi) is 3.84. The average Bonchev–Trinajstić information content (AvgIpc) is 2.79. The molecule has 2 rings (SSSR count). The zero-order valence-electron chi connectivity index (χ0n) is 9.18. The number of nitrogens with zero attached hydrogens (tertiary/aromatic N) is 3. The van der Waals surface area contributed by atoms with Crippen LogP contribution in [0.5, 0.6) is 0 Å². The maximum absolute atomic E-state index is 10.4. The molecule has 1 aromatic carbocycles. The van der Waals surface area contributed by atoms with Gasteiger partial charge >= 0.3 is 5.97 Å². The van der Waals surface area contributed by atoms with Gasteiger partial charge in [0, 0.05) is 6.42 Å². The summed E-state index contributed by atoms with van der Waals surface area (Å²) < 4.78 is 1.53. The van der Waals surface area contributed by atoms with Crippen molar-refractivity contribution >= 4 is 29.2 Å². The Morgan fingerprint density at radius 3 is 2.78 bits per heavy atom. The second-order valence-corrected chi connectivity index (χ2v) is 4.46. The Labute approximate surface area is 113 Å². The van der Waals surface area contributed by atoms with E-state index in [-0.39, 0.29) is 6.42 Å². The molecule has 5 nitrogen and oxygen atoms in total. The maximum atomic E-state index is 10.4. The van der Waals surface area contributed by atoms with E-state index in [1.54, 1.807) is 24.4 Å². The molecule has 0 fully saturated rings. The highest BCUT2D eigenvalue weighted by Gasteiger charge is 2.06. The van der Waals surface area contributed by atoms with Gasteiger partial charge < -0.3 is 5.11 Å². The van der Waals surface area contributed by atoms with Gasteiger partial charge in [0.25, 0.3) is 0 Å². The van der Waals surface area contributed by atoms with Crippen molar-refractivity contribution in [2.24, 2.45) is 0 Å². The van der Waals surface area contributed by atoms with Gasteiger partial charge in [-0.1, -0.05) is 28.4 Å². The van der Waals surface area contributed by atoms with Crippen LogP contribution < -0.4 is 0 Å². The first-order valence-corrected chi connectivity index (χ1v) is 5.90. The van der Waals surface area contributed by atoms with E-state index in [1.165, 1.54) is 4.68 Å². The third-order valence-corrected chi connectivity index (χ3v) is 3.04. The zero-order valence-corrected chi connectivity index (χ0v) is 10.7. The summed E-state index contributed by atoms with van der Waals surface area (Å²) in [5.74, 6) is -0.862. The molecule has 0 unspecified atom stereocenters. The second kappa shape index (κ2) is 5.37. The minimum Gasteiger partial charge on any atom is -0.481 e. The van der Waals surface area contributed by atoms with Gasteiger partial charge in [-0.05, 0) is 18.2 Å². The number of rotatable bonds is 4. The third-order valence-electron chi connectivity index (χ3n) is 2.30. The molecule has 1 heterocycles. The minimum absolute atomic E-state index is 0.0278. The smallest absolute Gasteiger partial charge is 0.303 e. The molecule has 1 N–H and O–H groups in total. The number of benzene rings is 1. The quantitative estimate of drug-likeness (QED) is 0.938. The van der Waals surface area contributed by atoms with E-state index >= 15 is 0 Å². The molecule has 0 amide bonds. The molecule has 0 aliphatic carbocycles. The highest BCUT2D eigenvalue weighted by molar-refractivity contribution is 6.42. The van der Waals surface area contributed by atoms with Crippen molar-refractivity contribution in [3.63, 3.8) is 0 Å². The predicted molar refractivity (Wildman–Crippen MR) is 67.3 cm³/mol. The number of aryl methyl sites for hydroxylation is 1. The predicted octanol–water partition coefficient (Wildman–Crippen LogP) is 2.59. The van der Waals surface area contributed by atoms with Crippen LogP contribution in [-0.4, -0.2) is 26.1 Å². The summed E-state index contributed by atoms with van der Waals surface area (Å²) >= 11 is 11.7. The fourth-order valence-corrected chi connectivity index (χ4v) is 1.69. The lowest BCUT2D eigenvalue weighted by Gasteiger charge is -2.01. The van der Waals surface area contributed by atoms with Crippen molar-refractivity contribution in [3.8, 4) is 5.69 Å². The molecule has 0 aliphatic heterocycles. The summed E-state index contributed by atoms with van der Waals surface area (Å²) in [4.78, 5) is 10.4. The topological polar surface area (TPSA) is 68.0 Å². The molecule has 2 aromatic rings. The Morgan fingerprint density at radius 2 is 2.11 bits per heavy atom. The molecule has 0 atom stereocenters. The van der Waals surface area contributed by atoms with Gasteiger partial charge in [-0.3, -0.25) is 4.79 Å². The molecule has 0 saturated heterocycles.